The molecule has 18 heavy (non-hydrogen) atoms. The van der Waals surface area contributed by atoms with Gasteiger partial charge in [0.2, 0.25) is 5.28 Å². The summed E-state index contributed by atoms with van der Waals surface area (Å²) in [5.41, 5.74) is 1.76. The Morgan fingerprint density at radius 1 is 1.44 bits per heavy atom. The number of aromatic nitrogens is 3. The summed E-state index contributed by atoms with van der Waals surface area (Å²) < 4.78 is 6.35. The van der Waals surface area contributed by atoms with Gasteiger partial charge in [-0.1, -0.05) is 0 Å². The van der Waals surface area contributed by atoms with Gasteiger partial charge < -0.3 is 4.74 Å². The van der Waals surface area contributed by atoms with E-state index in [1.807, 2.05) is 0 Å². The molecule has 0 radical (unpaired) electrons. The van der Waals surface area contributed by atoms with Crippen molar-refractivity contribution in [3.8, 4) is 0 Å². The lowest BCUT2D eigenvalue weighted by molar-refractivity contribution is 0.0601. The van der Waals surface area contributed by atoms with Crippen molar-refractivity contribution >= 4 is 34.1 Å². The maximum Gasteiger partial charge on any atom is 0.337 e. The average molecular weight is 262 g/mol. The van der Waals surface area contributed by atoms with Crippen LogP contribution in [0.1, 0.15) is 10.4 Å². The predicted octanol–water partition coefficient (Wildman–Crippen LogP) is 2.32. The summed E-state index contributed by atoms with van der Waals surface area (Å²) in [6.45, 7) is 0. The third kappa shape index (κ3) is 1.52. The van der Waals surface area contributed by atoms with Crippen molar-refractivity contribution in [3.63, 3.8) is 0 Å². The summed E-state index contributed by atoms with van der Waals surface area (Å²) >= 11 is 6.04. The molecule has 0 bridgehead atoms. The standard InChI is InChI=1S/C12H8ClN3O2/c1-18-11(17)7-2-3-8-9(6-7)15-12(13)16-5-4-14-10(8)16/h2-6H,1H3. The highest BCUT2D eigenvalue weighted by Crippen LogP contribution is 2.22. The first-order valence-electron chi connectivity index (χ1n) is 5.21. The van der Waals surface area contributed by atoms with Gasteiger partial charge >= 0.3 is 5.97 Å². The predicted molar refractivity (Wildman–Crippen MR) is 66.8 cm³/mol. The van der Waals surface area contributed by atoms with Crippen molar-refractivity contribution in [2.45, 2.75) is 0 Å². The molecule has 3 rings (SSSR count). The topological polar surface area (TPSA) is 56.5 Å². The first kappa shape index (κ1) is 11.0. The molecule has 0 amide bonds. The van der Waals surface area contributed by atoms with Gasteiger partial charge in [0.1, 0.15) is 5.65 Å². The SMILES string of the molecule is COC(=O)c1ccc2c(c1)nc(Cl)n1ccnc21. The van der Waals surface area contributed by atoms with Gasteiger partial charge in [-0.3, -0.25) is 4.40 Å². The minimum atomic E-state index is -0.405. The van der Waals surface area contributed by atoms with Gasteiger partial charge in [0.05, 0.1) is 18.2 Å². The minimum absolute atomic E-state index is 0.303. The number of nitrogens with zero attached hydrogens (tertiary/aromatic N) is 3. The summed E-state index contributed by atoms with van der Waals surface area (Å²) in [6.07, 6.45) is 3.38. The van der Waals surface area contributed by atoms with Gasteiger partial charge in [-0.05, 0) is 29.8 Å². The van der Waals surface area contributed by atoms with E-state index in [2.05, 4.69) is 14.7 Å². The molecule has 5 nitrogen and oxygen atoms in total. The maximum absolute atomic E-state index is 11.5. The highest BCUT2D eigenvalue weighted by molar-refractivity contribution is 6.29. The molecule has 0 aliphatic carbocycles. The Hall–Kier alpha value is -2.14. The third-order valence-electron chi connectivity index (χ3n) is 2.71. The highest BCUT2D eigenvalue weighted by Gasteiger charge is 2.11. The number of rotatable bonds is 1. The zero-order valence-electron chi connectivity index (χ0n) is 9.42. The van der Waals surface area contributed by atoms with Crippen molar-refractivity contribution in [2.24, 2.45) is 0 Å². The molecule has 0 fully saturated rings. The molecule has 0 unspecified atom stereocenters. The van der Waals surface area contributed by atoms with Crippen molar-refractivity contribution in [2.75, 3.05) is 7.11 Å². The molecule has 0 spiro atoms. The van der Waals surface area contributed by atoms with E-state index in [1.54, 1.807) is 35.0 Å². The summed E-state index contributed by atoms with van der Waals surface area (Å²) in [4.78, 5) is 19.9. The van der Waals surface area contributed by atoms with Crippen LogP contribution in [0, 0.1) is 0 Å². The fraction of sp³-hybridized carbons (Fsp3) is 0.0833. The van der Waals surface area contributed by atoms with Crippen LogP contribution in [0.3, 0.4) is 0 Å². The lowest BCUT2D eigenvalue weighted by atomic mass is 10.1. The number of imidazole rings is 1. The molecule has 2 aromatic heterocycles. The Morgan fingerprint density at radius 3 is 3.06 bits per heavy atom. The van der Waals surface area contributed by atoms with Crippen LogP contribution in [0.5, 0.6) is 0 Å². The molecule has 2 heterocycles. The van der Waals surface area contributed by atoms with E-state index >= 15 is 0 Å². The monoisotopic (exact) mass is 261 g/mol. The number of hydrogen-bond donors (Lipinski definition) is 0. The lowest BCUT2D eigenvalue weighted by Crippen LogP contribution is -2.01. The van der Waals surface area contributed by atoms with E-state index in [-0.39, 0.29) is 0 Å². The molecule has 90 valence electrons. The van der Waals surface area contributed by atoms with Gasteiger partial charge in [-0.15, -0.1) is 0 Å². The molecule has 0 saturated heterocycles. The van der Waals surface area contributed by atoms with Gasteiger partial charge in [0.15, 0.2) is 0 Å². The first-order valence-corrected chi connectivity index (χ1v) is 5.59. The number of hydrogen-bond acceptors (Lipinski definition) is 4. The Bertz CT molecular complexity index is 766. The van der Waals surface area contributed by atoms with Gasteiger partial charge in [-0.25, -0.2) is 14.8 Å². The van der Waals surface area contributed by atoms with Crippen LogP contribution in [-0.2, 0) is 4.74 Å². The Kier molecular flexibility index (Phi) is 2.41. The number of ether oxygens (including phenoxy) is 1. The first-order chi connectivity index (χ1) is 8.70. The molecule has 0 aliphatic heterocycles. The van der Waals surface area contributed by atoms with E-state index < -0.39 is 5.97 Å². The molecule has 0 saturated carbocycles. The van der Waals surface area contributed by atoms with Crippen molar-refractivity contribution in [1.29, 1.82) is 0 Å². The number of benzene rings is 1. The van der Waals surface area contributed by atoms with E-state index in [1.165, 1.54) is 7.11 Å². The third-order valence-corrected chi connectivity index (χ3v) is 2.98. The van der Waals surface area contributed by atoms with Crippen molar-refractivity contribution in [1.82, 2.24) is 14.4 Å². The van der Waals surface area contributed by atoms with Crippen LogP contribution in [-0.4, -0.2) is 27.4 Å². The van der Waals surface area contributed by atoms with Crippen molar-refractivity contribution in [3.05, 3.63) is 41.4 Å². The summed E-state index contributed by atoms with van der Waals surface area (Å²) in [6, 6.07) is 5.10. The number of methoxy groups -OCH3 is 1. The number of carbonyl (C=O) groups is 1. The van der Waals surface area contributed by atoms with E-state index in [9.17, 15) is 4.79 Å². The van der Waals surface area contributed by atoms with Crippen LogP contribution in [0.2, 0.25) is 5.28 Å². The number of carbonyl (C=O) groups excluding carboxylic acids is 1. The van der Waals surface area contributed by atoms with E-state index in [0.29, 0.717) is 22.0 Å². The smallest absolute Gasteiger partial charge is 0.337 e. The Balaban J connectivity index is 2.35. The zero-order chi connectivity index (χ0) is 12.7. The van der Waals surface area contributed by atoms with Crippen LogP contribution < -0.4 is 0 Å². The highest BCUT2D eigenvalue weighted by atomic mass is 35.5. The fourth-order valence-corrected chi connectivity index (χ4v) is 2.09. The second-order valence-electron chi connectivity index (χ2n) is 3.73. The summed E-state index contributed by atoms with van der Waals surface area (Å²) in [5, 5.41) is 1.13. The zero-order valence-corrected chi connectivity index (χ0v) is 10.2. The molecule has 0 aliphatic rings. The minimum Gasteiger partial charge on any atom is -0.465 e. The maximum atomic E-state index is 11.5. The van der Waals surface area contributed by atoms with Crippen LogP contribution in [0.25, 0.3) is 16.6 Å². The van der Waals surface area contributed by atoms with E-state index in [0.717, 1.165) is 5.39 Å². The lowest BCUT2D eigenvalue weighted by Gasteiger charge is -2.04. The second-order valence-corrected chi connectivity index (χ2v) is 4.06. The molecule has 6 heteroatoms. The molecule has 1 aromatic carbocycles. The van der Waals surface area contributed by atoms with Crippen LogP contribution in [0.15, 0.2) is 30.6 Å². The van der Waals surface area contributed by atoms with Gasteiger partial charge in [0, 0.05) is 17.8 Å². The van der Waals surface area contributed by atoms with E-state index in [4.69, 9.17) is 11.6 Å². The number of halogens is 1. The normalized spacial score (nSPS) is 11.0. The molecule has 0 atom stereocenters. The van der Waals surface area contributed by atoms with Gasteiger partial charge in [-0.2, -0.15) is 0 Å². The molecule has 0 N–H and O–H groups in total. The quantitative estimate of drug-likeness (QED) is 0.498. The van der Waals surface area contributed by atoms with Crippen molar-refractivity contribution < 1.29 is 9.53 Å². The van der Waals surface area contributed by atoms with Crippen LogP contribution in [0.4, 0.5) is 0 Å². The summed E-state index contributed by atoms with van der Waals surface area (Å²) in [5.74, 6) is -0.405. The fourth-order valence-electron chi connectivity index (χ4n) is 1.86. The van der Waals surface area contributed by atoms with Crippen LogP contribution >= 0.6 is 11.6 Å². The largest absolute Gasteiger partial charge is 0.465 e. The number of esters is 1. The molecular weight excluding hydrogens is 254 g/mol. The molecule has 3 aromatic rings. The Morgan fingerprint density at radius 2 is 2.28 bits per heavy atom. The average Bonchev–Trinajstić information content (AvgIpc) is 2.87. The molecular formula is C12H8ClN3O2. The second kappa shape index (κ2) is 3.96. The van der Waals surface area contributed by atoms with Gasteiger partial charge in [0.25, 0.3) is 0 Å². The summed E-state index contributed by atoms with van der Waals surface area (Å²) in [7, 11) is 1.34. The number of fused-ring (bicyclic) bond motifs is 3. The Labute approximate surface area is 107 Å².